The number of furan rings is 1. The molecule has 0 unspecified atom stereocenters. The van der Waals surface area contributed by atoms with E-state index in [0.29, 0.717) is 26.5 Å². The fraction of sp³-hybridized carbons (Fsp3) is 0.0952. The largest absolute Gasteiger partial charge is 0.451 e. The number of nitrogens with zero attached hydrogens (tertiary/aromatic N) is 1. The smallest absolute Gasteiger partial charge is 0.293 e. The van der Waals surface area contributed by atoms with Gasteiger partial charge in [-0.15, -0.1) is 0 Å². The van der Waals surface area contributed by atoms with Gasteiger partial charge >= 0.3 is 0 Å². The molecule has 2 aromatic heterocycles. The number of amides is 1. The number of anilines is 1. The molecule has 0 saturated carbocycles. The second-order valence-corrected chi connectivity index (χ2v) is 8.84. The van der Waals surface area contributed by atoms with Crippen LogP contribution in [0.3, 0.4) is 0 Å². The van der Waals surface area contributed by atoms with Crippen LogP contribution in [0.25, 0.3) is 21.5 Å². The third-order valence-corrected chi connectivity index (χ3v) is 6.29. The monoisotopic (exact) mass is 475 g/mol. The third-order valence-electron chi connectivity index (χ3n) is 4.41. The van der Waals surface area contributed by atoms with Gasteiger partial charge < -0.3 is 9.73 Å². The fourth-order valence-corrected chi connectivity index (χ4v) is 4.55. The van der Waals surface area contributed by atoms with Crippen LogP contribution >= 0.6 is 46.8 Å². The maximum Gasteiger partial charge on any atom is 0.293 e. The van der Waals surface area contributed by atoms with Gasteiger partial charge in [-0.2, -0.15) is 0 Å². The normalized spacial score (nSPS) is 10.9. The molecule has 9 heteroatoms. The number of hydrogen-bond donors (Lipinski definition) is 2. The quantitative estimate of drug-likeness (QED) is 0.326. The second kappa shape index (κ2) is 8.35. The Balaban J connectivity index is 1.47. The van der Waals surface area contributed by atoms with Crippen LogP contribution in [0.5, 0.6) is 0 Å². The molecule has 5 nitrogen and oxygen atoms in total. The molecule has 0 spiro atoms. The Morgan fingerprint density at radius 2 is 1.87 bits per heavy atom. The summed E-state index contributed by atoms with van der Waals surface area (Å²) in [7, 11) is 0. The number of aromatic nitrogens is 1. The van der Waals surface area contributed by atoms with Crippen LogP contribution in [-0.2, 0) is 0 Å². The Kier molecular flexibility index (Phi) is 5.79. The average molecular weight is 476 g/mol. The van der Waals surface area contributed by atoms with Crippen LogP contribution in [0.2, 0.25) is 10.0 Å². The number of thiocarbonyl (C=S) groups is 1. The van der Waals surface area contributed by atoms with Crippen molar-refractivity contribution in [1.82, 2.24) is 10.3 Å². The maximum atomic E-state index is 12.5. The Morgan fingerprint density at radius 3 is 2.63 bits per heavy atom. The fourth-order valence-electron chi connectivity index (χ4n) is 2.90. The number of carbonyl (C=O) groups is 1. The SMILES string of the molecule is Cc1ccc(C)c2sc(NC(=S)NC(=O)c3ccc(-c4cc(Cl)ccc4Cl)o3)nc12. The van der Waals surface area contributed by atoms with Crippen LogP contribution in [0, 0.1) is 13.8 Å². The number of thiazole rings is 1. The highest BCUT2D eigenvalue weighted by Gasteiger charge is 2.16. The van der Waals surface area contributed by atoms with Crippen LogP contribution < -0.4 is 10.6 Å². The predicted octanol–water partition coefficient (Wildman–Crippen LogP) is 6.61. The van der Waals surface area contributed by atoms with Gasteiger partial charge in [0, 0.05) is 10.6 Å². The summed E-state index contributed by atoms with van der Waals surface area (Å²) in [6.45, 7) is 4.04. The molecule has 30 heavy (non-hydrogen) atoms. The van der Waals surface area contributed by atoms with Gasteiger partial charge in [-0.05, 0) is 67.5 Å². The topological polar surface area (TPSA) is 67.2 Å². The zero-order chi connectivity index (χ0) is 21.4. The predicted molar refractivity (Wildman–Crippen MR) is 127 cm³/mol. The molecule has 0 aliphatic carbocycles. The lowest BCUT2D eigenvalue weighted by molar-refractivity contribution is 0.0951. The van der Waals surface area contributed by atoms with E-state index in [9.17, 15) is 4.79 Å². The molecule has 0 fully saturated rings. The molecule has 0 aliphatic heterocycles. The molecule has 0 aliphatic rings. The van der Waals surface area contributed by atoms with Gasteiger partial charge in [0.15, 0.2) is 16.0 Å². The summed E-state index contributed by atoms with van der Waals surface area (Å²) in [5.74, 6) is 0.0511. The zero-order valence-electron chi connectivity index (χ0n) is 15.9. The lowest BCUT2D eigenvalue weighted by Gasteiger charge is -2.05. The van der Waals surface area contributed by atoms with E-state index >= 15 is 0 Å². The third kappa shape index (κ3) is 4.20. The number of aryl methyl sites for hydroxylation is 2. The van der Waals surface area contributed by atoms with E-state index in [1.54, 1.807) is 30.3 Å². The van der Waals surface area contributed by atoms with Crippen molar-refractivity contribution in [2.75, 3.05) is 5.32 Å². The van der Waals surface area contributed by atoms with Crippen molar-refractivity contribution in [2.24, 2.45) is 0 Å². The van der Waals surface area contributed by atoms with E-state index < -0.39 is 5.91 Å². The van der Waals surface area contributed by atoms with Crippen molar-refractivity contribution in [2.45, 2.75) is 13.8 Å². The highest BCUT2D eigenvalue weighted by atomic mass is 35.5. The van der Waals surface area contributed by atoms with Crippen molar-refractivity contribution in [3.05, 3.63) is 69.4 Å². The number of rotatable bonds is 3. The summed E-state index contributed by atoms with van der Waals surface area (Å²) in [5.41, 5.74) is 3.74. The van der Waals surface area contributed by atoms with Crippen LogP contribution in [0.4, 0.5) is 5.13 Å². The Labute approximate surface area is 192 Å². The minimum absolute atomic E-state index is 0.0983. The first-order chi connectivity index (χ1) is 14.3. The van der Waals surface area contributed by atoms with E-state index in [1.807, 2.05) is 19.9 Å². The molecule has 2 N–H and O–H groups in total. The standard InChI is InChI=1S/C21H15Cl2N3O2S2/c1-10-3-4-11(2)18-17(10)24-21(30-18)26-20(29)25-19(27)16-8-7-15(28-16)13-9-12(22)5-6-14(13)23/h3-9H,1-2H3,(H2,24,25,26,27,29). The van der Waals surface area contributed by atoms with Crippen molar-refractivity contribution in [3.63, 3.8) is 0 Å². The number of carbonyl (C=O) groups excluding carboxylic acids is 1. The van der Waals surface area contributed by atoms with E-state index in [4.69, 9.17) is 39.8 Å². The summed E-state index contributed by atoms with van der Waals surface area (Å²) in [5, 5.41) is 7.30. The molecule has 1 amide bonds. The number of benzene rings is 2. The average Bonchev–Trinajstić information content (AvgIpc) is 3.34. The first-order valence-corrected chi connectivity index (χ1v) is 10.8. The zero-order valence-corrected chi connectivity index (χ0v) is 19.0. The van der Waals surface area contributed by atoms with E-state index in [0.717, 1.165) is 21.3 Å². The summed E-state index contributed by atoms with van der Waals surface area (Å²) >= 11 is 19.0. The van der Waals surface area contributed by atoms with Gasteiger partial charge in [-0.1, -0.05) is 46.7 Å². The molecule has 0 atom stereocenters. The van der Waals surface area contributed by atoms with Crippen molar-refractivity contribution < 1.29 is 9.21 Å². The van der Waals surface area contributed by atoms with Crippen LogP contribution in [-0.4, -0.2) is 16.0 Å². The number of halogens is 2. The van der Waals surface area contributed by atoms with Crippen molar-refractivity contribution in [1.29, 1.82) is 0 Å². The molecule has 2 aromatic carbocycles. The van der Waals surface area contributed by atoms with Crippen LogP contribution in [0.15, 0.2) is 46.9 Å². The molecule has 2 heterocycles. The summed E-state index contributed by atoms with van der Waals surface area (Å²) < 4.78 is 6.73. The first kappa shape index (κ1) is 20.8. The van der Waals surface area contributed by atoms with E-state index in [1.165, 1.54) is 11.3 Å². The first-order valence-electron chi connectivity index (χ1n) is 8.86. The van der Waals surface area contributed by atoms with Crippen LogP contribution in [0.1, 0.15) is 21.7 Å². The molecule has 4 aromatic rings. The summed E-state index contributed by atoms with van der Waals surface area (Å²) in [6, 6.07) is 12.3. The Morgan fingerprint density at radius 1 is 1.10 bits per heavy atom. The Hall–Kier alpha value is -2.45. The minimum Gasteiger partial charge on any atom is -0.451 e. The van der Waals surface area contributed by atoms with Gasteiger partial charge in [0.2, 0.25) is 0 Å². The maximum absolute atomic E-state index is 12.5. The van der Waals surface area contributed by atoms with Gasteiger partial charge in [0.25, 0.3) is 5.91 Å². The van der Waals surface area contributed by atoms with Crippen molar-refractivity contribution in [3.8, 4) is 11.3 Å². The lowest BCUT2D eigenvalue weighted by atomic mass is 10.1. The molecule has 152 valence electrons. The summed E-state index contributed by atoms with van der Waals surface area (Å²) in [6.07, 6.45) is 0. The molecule has 0 bridgehead atoms. The highest BCUT2D eigenvalue weighted by Crippen LogP contribution is 2.32. The minimum atomic E-state index is -0.481. The number of fused-ring (bicyclic) bond motifs is 1. The summed E-state index contributed by atoms with van der Waals surface area (Å²) in [4.78, 5) is 17.1. The van der Waals surface area contributed by atoms with Gasteiger partial charge in [0.05, 0.1) is 15.2 Å². The van der Waals surface area contributed by atoms with Gasteiger partial charge in [0.1, 0.15) is 5.76 Å². The number of hydrogen-bond acceptors (Lipinski definition) is 5. The van der Waals surface area contributed by atoms with E-state index in [-0.39, 0.29) is 10.9 Å². The molecular formula is C21H15Cl2N3O2S2. The van der Waals surface area contributed by atoms with Gasteiger partial charge in [-0.25, -0.2) is 4.98 Å². The second-order valence-electron chi connectivity index (χ2n) is 6.59. The molecule has 4 rings (SSSR count). The molecular weight excluding hydrogens is 461 g/mol. The number of nitrogens with one attached hydrogen (secondary N) is 2. The highest BCUT2D eigenvalue weighted by molar-refractivity contribution is 7.80. The lowest BCUT2D eigenvalue weighted by Crippen LogP contribution is -2.33. The molecule has 0 radical (unpaired) electrons. The van der Waals surface area contributed by atoms with Crippen molar-refractivity contribution >= 4 is 73.1 Å². The van der Waals surface area contributed by atoms with E-state index in [2.05, 4.69) is 21.7 Å². The van der Waals surface area contributed by atoms with Gasteiger partial charge in [-0.3, -0.25) is 10.1 Å². The molecule has 0 saturated heterocycles. The Bertz CT molecular complexity index is 1260.